The van der Waals surface area contributed by atoms with E-state index in [-0.39, 0.29) is 12.0 Å². The Morgan fingerprint density at radius 3 is 2.41 bits per heavy atom. The number of rotatable bonds is 4. The van der Waals surface area contributed by atoms with Crippen molar-refractivity contribution in [1.82, 2.24) is 5.32 Å². The van der Waals surface area contributed by atoms with Gasteiger partial charge in [0.25, 0.3) is 0 Å². The Morgan fingerprint density at radius 2 is 1.94 bits per heavy atom. The Hall–Kier alpha value is -0.0800. The van der Waals surface area contributed by atoms with Crippen molar-refractivity contribution >= 4 is 0 Å². The molecule has 0 amide bonds. The van der Waals surface area contributed by atoms with E-state index >= 15 is 0 Å². The molecule has 0 spiro atoms. The van der Waals surface area contributed by atoms with E-state index in [2.05, 4.69) is 39.9 Å². The van der Waals surface area contributed by atoms with Crippen LogP contribution < -0.4 is 5.32 Å². The number of aliphatic hydroxyl groups is 1. The summed E-state index contributed by atoms with van der Waals surface area (Å²) < 4.78 is 0. The summed E-state index contributed by atoms with van der Waals surface area (Å²) in [5.74, 6) is 0. The van der Waals surface area contributed by atoms with Gasteiger partial charge in [0.15, 0.2) is 0 Å². The van der Waals surface area contributed by atoms with E-state index in [9.17, 15) is 5.11 Å². The minimum atomic E-state index is 0.219. The summed E-state index contributed by atoms with van der Waals surface area (Å²) in [4.78, 5) is 0. The summed E-state index contributed by atoms with van der Waals surface area (Å²) in [6.45, 7) is 11.8. The smallest absolute Gasteiger partial charge is 0.0446 e. The topological polar surface area (TPSA) is 32.3 Å². The van der Waals surface area contributed by atoms with Gasteiger partial charge in [-0.2, -0.15) is 0 Å². The van der Waals surface area contributed by atoms with Gasteiger partial charge in [0.2, 0.25) is 0 Å². The molecular weight excluding hydrogens is 210 g/mol. The monoisotopic (exact) mass is 241 g/mol. The average Bonchev–Trinajstić information content (AvgIpc) is 2.18. The molecule has 1 aliphatic rings. The number of aliphatic hydroxyl groups excluding tert-OH is 1. The van der Waals surface area contributed by atoms with Gasteiger partial charge in [0.05, 0.1) is 0 Å². The van der Waals surface area contributed by atoms with Crippen molar-refractivity contribution in [3.63, 3.8) is 0 Å². The van der Waals surface area contributed by atoms with Crippen molar-refractivity contribution in [3.05, 3.63) is 0 Å². The fourth-order valence-corrected chi connectivity index (χ4v) is 2.94. The zero-order valence-electron chi connectivity index (χ0n) is 12.3. The van der Waals surface area contributed by atoms with Gasteiger partial charge in [-0.15, -0.1) is 0 Å². The molecule has 2 heteroatoms. The lowest BCUT2D eigenvalue weighted by Crippen LogP contribution is -2.52. The van der Waals surface area contributed by atoms with Gasteiger partial charge < -0.3 is 10.4 Å². The average molecular weight is 241 g/mol. The highest BCUT2D eigenvalue weighted by Gasteiger charge is 2.35. The van der Waals surface area contributed by atoms with Crippen molar-refractivity contribution in [2.75, 3.05) is 6.61 Å². The van der Waals surface area contributed by atoms with Gasteiger partial charge in [-0.1, -0.05) is 47.5 Å². The Morgan fingerprint density at radius 1 is 1.29 bits per heavy atom. The first-order valence-corrected chi connectivity index (χ1v) is 7.14. The predicted molar refractivity (Wildman–Crippen MR) is 74.1 cm³/mol. The molecule has 0 aromatic rings. The van der Waals surface area contributed by atoms with E-state index in [0.29, 0.717) is 17.5 Å². The van der Waals surface area contributed by atoms with E-state index < -0.39 is 0 Å². The number of nitrogens with one attached hydrogen (secondary N) is 1. The largest absolute Gasteiger partial charge is 0.396 e. The summed E-state index contributed by atoms with van der Waals surface area (Å²) in [6, 6.07) is 1.02. The molecule has 0 bridgehead atoms. The predicted octanol–water partition coefficient (Wildman–Crippen LogP) is 3.34. The Bertz CT molecular complexity index is 228. The van der Waals surface area contributed by atoms with Crippen molar-refractivity contribution in [2.24, 2.45) is 10.8 Å². The summed E-state index contributed by atoms with van der Waals surface area (Å²) in [5, 5.41) is 13.0. The molecule has 0 aliphatic heterocycles. The van der Waals surface area contributed by atoms with E-state index in [0.717, 1.165) is 6.42 Å². The standard InChI is InChI=1S/C15H31NO/c1-14(2,3)12(9-11-17)16-13-8-6-7-10-15(13,4)5/h12-13,16-17H,6-11H2,1-5H3. The van der Waals surface area contributed by atoms with Gasteiger partial charge in [0.1, 0.15) is 0 Å². The molecule has 1 saturated carbocycles. The first-order valence-electron chi connectivity index (χ1n) is 7.14. The lowest BCUT2D eigenvalue weighted by molar-refractivity contribution is 0.112. The molecule has 2 N–H and O–H groups in total. The maximum atomic E-state index is 9.22. The molecule has 0 heterocycles. The maximum absolute atomic E-state index is 9.22. The van der Waals surface area contributed by atoms with E-state index in [1.54, 1.807) is 0 Å². The highest BCUT2D eigenvalue weighted by molar-refractivity contribution is 4.92. The third-order valence-corrected chi connectivity index (χ3v) is 4.37. The molecule has 2 atom stereocenters. The molecule has 2 unspecified atom stereocenters. The van der Waals surface area contributed by atoms with Crippen LogP contribution in [-0.2, 0) is 0 Å². The van der Waals surface area contributed by atoms with Crippen molar-refractivity contribution in [2.45, 2.75) is 78.8 Å². The second-order valence-electron chi connectivity index (χ2n) is 7.38. The molecule has 1 rings (SSSR count). The summed E-state index contributed by atoms with van der Waals surface area (Å²) in [6.07, 6.45) is 6.17. The highest BCUT2D eigenvalue weighted by atomic mass is 16.3. The molecular formula is C15H31NO. The van der Waals surface area contributed by atoms with Gasteiger partial charge in [-0.05, 0) is 30.1 Å². The molecule has 0 radical (unpaired) electrons. The SMILES string of the molecule is CC(C)(C)C(CCO)NC1CCCCC1(C)C. The summed E-state index contributed by atoms with van der Waals surface area (Å²) >= 11 is 0. The lowest BCUT2D eigenvalue weighted by atomic mass is 9.72. The third-order valence-electron chi connectivity index (χ3n) is 4.37. The zero-order chi connectivity index (χ0) is 13.1. The first kappa shape index (κ1) is 15.0. The van der Waals surface area contributed by atoms with Gasteiger partial charge in [-0.25, -0.2) is 0 Å². The van der Waals surface area contributed by atoms with E-state index in [1.807, 2.05) is 0 Å². The van der Waals surface area contributed by atoms with Crippen LogP contribution in [-0.4, -0.2) is 23.8 Å². The minimum absolute atomic E-state index is 0.219. The first-order chi connectivity index (χ1) is 7.77. The van der Waals surface area contributed by atoms with Crippen LogP contribution >= 0.6 is 0 Å². The molecule has 17 heavy (non-hydrogen) atoms. The minimum Gasteiger partial charge on any atom is -0.396 e. The lowest BCUT2D eigenvalue weighted by Gasteiger charge is -2.44. The molecule has 1 aliphatic carbocycles. The third kappa shape index (κ3) is 4.26. The molecule has 2 nitrogen and oxygen atoms in total. The molecule has 0 saturated heterocycles. The number of hydrogen-bond donors (Lipinski definition) is 2. The van der Waals surface area contributed by atoms with Gasteiger partial charge in [-0.3, -0.25) is 0 Å². The van der Waals surface area contributed by atoms with Gasteiger partial charge >= 0.3 is 0 Å². The summed E-state index contributed by atoms with van der Waals surface area (Å²) in [5.41, 5.74) is 0.619. The second kappa shape index (κ2) is 5.71. The van der Waals surface area contributed by atoms with Crippen LogP contribution in [0.4, 0.5) is 0 Å². The van der Waals surface area contributed by atoms with Crippen LogP contribution in [0.1, 0.15) is 66.7 Å². The van der Waals surface area contributed by atoms with Gasteiger partial charge in [0, 0.05) is 18.7 Å². The molecule has 102 valence electrons. The Kier molecular flexibility index (Phi) is 5.03. The normalized spacial score (nSPS) is 26.8. The zero-order valence-corrected chi connectivity index (χ0v) is 12.3. The fourth-order valence-electron chi connectivity index (χ4n) is 2.94. The van der Waals surface area contributed by atoms with Crippen LogP contribution in [0.15, 0.2) is 0 Å². The quantitative estimate of drug-likeness (QED) is 0.791. The fraction of sp³-hybridized carbons (Fsp3) is 1.00. The van der Waals surface area contributed by atoms with Crippen LogP contribution in [0.5, 0.6) is 0 Å². The van der Waals surface area contributed by atoms with Crippen LogP contribution in [0, 0.1) is 10.8 Å². The van der Waals surface area contributed by atoms with Crippen molar-refractivity contribution in [1.29, 1.82) is 0 Å². The highest BCUT2D eigenvalue weighted by Crippen LogP contribution is 2.37. The maximum Gasteiger partial charge on any atom is 0.0446 e. The Labute approximate surface area is 107 Å². The van der Waals surface area contributed by atoms with Crippen molar-refractivity contribution < 1.29 is 5.11 Å². The molecule has 0 aromatic carbocycles. The van der Waals surface area contributed by atoms with Crippen LogP contribution in [0.3, 0.4) is 0 Å². The summed E-state index contributed by atoms with van der Waals surface area (Å²) in [7, 11) is 0. The van der Waals surface area contributed by atoms with Crippen LogP contribution in [0.25, 0.3) is 0 Å². The Balaban J connectivity index is 2.65. The number of hydrogen-bond acceptors (Lipinski definition) is 2. The van der Waals surface area contributed by atoms with E-state index in [4.69, 9.17) is 0 Å². The second-order valence-corrected chi connectivity index (χ2v) is 7.38. The van der Waals surface area contributed by atoms with Crippen molar-refractivity contribution in [3.8, 4) is 0 Å². The van der Waals surface area contributed by atoms with E-state index in [1.165, 1.54) is 25.7 Å². The molecule has 1 fully saturated rings. The van der Waals surface area contributed by atoms with Crippen LogP contribution in [0.2, 0.25) is 0 Å². The molecule has 0 aromatic heterocycles.